The molecule has 0 bridgehead atoms. The Morgan fingerprint density at radius 3 is 2.67 bits per heavy atom. The summed E-state index contributed by atoms with van der Waals surface area (Å²) in [5.74, 6) is -0.727. The number of carbonyl (C=O) groups is 1. The van der Waals surface area contributed by atoms with Gasteiger partial charge in [-0.1, -0.05) is 50.1 Å². The van der Waals surface area contributed by atoms with Crippen molar-refractivity contribution in [1.82, 2.24) is 4.90 Å². The van der Waals surface area contributed by atoms with Gasteiger partial charge in [0.05, 0.1) is 0 Å². The molecular formula is C18H27NO2. The molecule has 0 aromatic heterocycles. The van der Waals surface area contributed by atoms with Gasteiger partial charge in [0.25, 0.3) is 0 Å². The van der Waals surface area contributed by atoms with Gasteiger partial charge in [-0.3, -0.25) is 9.69 Å². The summed E-state index contributed by atoms with van der Waals surface area (Å²) in [7, 11) is 0. The fraction of sp³-hybridized carbons (Fsp3) is 0.611. The number of nitrogens with zero attached hydrogens (tertiary/aromatic N) is 1. The minimum atomic E-state index is -0.829. The molecule has 2 atom stereocenters. The zero-order chi connectivity index (χ0) is 15.3. The van der Waals surface area contributed by atoms with E-state index in [1.807, 2.05) is 37.3 Å². The largest absolute Gasteiger partial charge is 0.481 e. The second kappa shape index (κ2) is 7.08. The highest BCUT2D eigenvalue weighted by molar-refractivity contribution is 5.81. The Kier molecular flexibility index (Phi) is 5.40. The molecule has 2 rings (SSSR count). The number of benzene rings is 1. The molecule has 1 saturated heterocycles. The number of hydrogen-bond acceptors (Lipinski definition) is 2. The summed E-state index contributed by atoms with van der Waals surface area (Å²) in [6, 6.07) is 10.2. The van der Waals surface area contributed by atoms with Crippen LogP contribution >= 0.6 is 0 Å². The highest BCUT2D eigenvalue weighted by Gasteiger charge is 2.38. The first kappa shape index (κ1) is 16.0. The second-order valence-corrected chi connectivity index (χ2v) is 6.41. The Bertz CT molecular complexity index is 458. The van der Waals surface area contributed by atoms with Crippen molar-refractivity contribution in [3.63, 3.8) is 0 Å². The van der Waals surface area contributed by atoms with Crippen LogP contribution in [0.5, 0.6) is 0 Å². The topological polar surface area (TPSA) is 40.5 Å². The van der Waals surface area contributed by atoms with Crippen molar-refractivity contribution in [3.05, 3.63) is 35.9 Å². The van der Waals surface area contributed by atoms with Crippen molar-refractivity contribution >= 4 is 5.97 Å². The molecule has 1 N–H and O–H groups in total. The van der Waals surface area contributed by atoms with E-state index in [4.69, 9.17) is 0 Å². The van der Waals surface area contributed by atoms with E-state index in [-0.39, 0.29) is 0 Å². The van der Waals surface area contributed by atoms with Crippen LogP contribution < -0.4 is 0 Å². The summed E-state index contributed by atoms with van der Waals surface area (Å²) in [6.07, 6.45) is 6.00. The normalized spacial score (nSPS) is 22.7. The molecule has 3 heteroatoms. The standard InChI is InChI=1S/C18H27NO2/c1-3-9-16-12-7-8-13-19(16)14-18(2,17(20)21)15-10-5-4-6-11-15/h4-6,10-11,16H,3,7-9,12-14H2,1-2H3,(H,20,21). The maximum atomic E-state index is 11.9. The van der Waals surface area contributed by atoms with Crippen LogP contribution in [-0.2, 0) is 10.2 Å². The van der Waals surface area contributed by atoms with Gasteiger partial charge in [0.1, 0.15) is 5.41 Å². The van der Waals surface area contributed by atoms with Gasteiger partial charge in [0.2, 0.25) is 0 Å². The molecule has 0 aliphatic carbocycles. The third-order valence-corrected chi connectivity index (χ3v) is 4.77. The summed E-state index contributed by atoms with van der Waals surface area (Å²) >= 11 is 0. The molecule has 1 fully saturated rings. The molecule has 0 radical (unpaired) electrons. The maximum Gasteiger partial charge on any atom is 0.315 e. The van der Waals surface area contributed by atoms with Crippen molar-refractivity contribution in [2.24, 2.45) is 0 Å². The molecule has 1 aliphatic rings. The molecule has 0 amide bonds. The van der Waals surface area contributed by atoms with Crippen LogP contribution in [0, 0.1) is 0 Å². The van der Waals surface area contributed by atoms with Gasteiger partial charge in [0.15, 0.2) is 0 Å². The van der Waals surface area contributed by atoms with Gasteiger partial charge in [-0.2, -0.15) is 0 Å². The lowest BCUT2D eigenvalue weighted by Crippen LogP contribution is -2.50. The Morgan fingerprint density at radius 1 is 1.33 bits per heavy atom. The van der Waals surface area contributed by atoms with Gasteiger partial charge >= 0.3 is 5.97 Å². The number of carboxylic acids is 1. The van der Waals surface area contributed by atoms with Crippen LogP contribution in [0.3, 0.4) is 0 Å². The second-order valence-electron chi connectivity index (χ2n) is 6.41. The lowest BCUT2D eigenvalue weighted by Gasteiger charge is -2.40. The molecule has 0 spiro atoms. The third kappa shape index (κ3) is 3.65. The maximum absolute atomic E-state index is 11.9. The fourth-order valence-electron chi connectivity index (χ4n) is 3.42. The van der Waals surface area contributed by atoms with E-state index >= 15 is 0 Å². The smallest absolute Gasteiger partial charge is 0.315 e. The summed E-state index contributed by atoms with van der Waals surface area (Å²) in [4.78, 5) is 14.3. The Morgan fingerprint density at radius 2 is 2.05 bits per heavy atom. The Labute approximate surface area is 128 Å². The van der Waals surface area contributed by atoms with Crippen molar-refractivity contribution in [1.29, 1.82) is 0 Å². The predicted molar refractivity (Wildman–Crippen MR) is 85.5 cm³/mol. The van der Waals surface area contributed by atoms with E-state index in [0.717, 1.165) is 18.5 Å². The summed E-state index contributed by atoms with van der Waals surface area (Å²) in [5.41, 5.74) is 0.0724. The first-order chi connectivity index (χ1) is 10.1. The molecule has 2 unspecified atom stereocenters. The lowest BCUT2D eigenvalue weighted by atomic mass is 9.81. The van der Waals surface area contributed by atoms with Crippen LogP contribution in [0.2, 0.25) is 0 Å². The van der Waals surface area contributed by atoms with Gasteiger partial charge in [-0.15, -0.1) is 0 Å². The zero-order valence-corrected chi connectivity index (χ0v) is 13.2. The first-order valence-electron chi connectivity index (χ1n) is 8.11. The number of piperidine rings is 1. The molecular weight excluding hydrogens is 262 g/mol. The van der Waals surface area contributed by atoms with Gasteiger partial charge in [0, 0.05) is 12.6 Å². The van der Waals surface area contributed by atoms with Gasteiger partial charge in [-0.05, 0) is 38.3 Å². The van der Waals surface area contributed by atoms with Crippen LogP contribution in [0.4, 0.5) is 0 Å². The monoisotopic (exact) mass is 289 g/mol. The molecule has 1 aliphatic heterocycles. The van der Waals surface area contributed by atoms with Crippen molar-refractivity contribution in [2.45, 2.75) is 57.4 Å². The van der Waals surface area contributed by atoms with Crippen LogP contribution in [0.15, 0.2) is 30.3 Å². The summed E-state index contributed by atoms with van der Waals surface area (Å²) < 4.78 is 0. The zero-order valence-electron chi connectivity index (χ0n) is 13.2. The first-order valence-corrected chi connectivity index (χ1v) is 8.11. The SMILES string of the molecule is CCCC1CCCCN1CC(C)(C(=O)O)c1ccccc1. The lowest BCUT2D eigenvalue weighted by molar-refractivity contribution is -0.144. The molecule has 1 aromatic rings. The average Bonchev–Trinajstić information content (AvgIpc) is 2.50. The highest BCUT2D eigenvalue weighted by Crippen LogP contribution is 2.30. The summed E-state index contributed by atoms with van der Waals surface area (Å²) in [6.45, 7) is 5.71. The summed E-state index contributed by atoms with van der Waals surface area (Å²) in [5, 5.41) is 9.81. The van der Waals surface area contributed by atoms with E-state index in [0.29, 0.717) is 12.6 Å². The molecule has 3 nitrogen and oxygen atoms in total. The van der Waals surface area contributed by atoms with Gasteiger partial charge < -0.3 is 5.11 Å². The Balaban J connectivity index is 2.21. The minimum absolute atomic E-state index is 0.547. The van der Waals surface area contributed by atoms with E-state index in [2.05, 4.69) is 11.8 Å². The van der Waals surface area contributed by atoms with Gasteiger partial charge in [-0.25, -0.2) is 0 Å². The van der Waals surface area contributed by atoms with Crippen molar-refractivity contribution in [3.8, 4) is 0 Å². The molecule has 0 saturated carbocycles. The third-order valence-electron chi connectivity index (χ3n) is 4.77. The van der Waals surface area contributed by atoms with Crippen LogP contribution in [0.1, 0.15) is 51.5 Å². The number of hydrogen-bond donors (Lipinski definition) is 1. The van der Waals surface area contributed by atoms with E-state index in [9.17, 15) is 9.90 Å². The number of likely N-dealkylation sites (tertiary alicyclic amines) is 1. The van der Waals surface area contributed by atoms with E-state index < -0.39 is 11.4 Å². The van der Waals surface area contributed by atoms with Crippen molar-refractivity contribution < 1.29 is 9.90 Å². The highest BCUT2D eigenvalue weighted by atomic mass is 16.4. The van der Waals surface area contributed by atoms with E-state index in [1.165, 1.54) is 25.7 Å². The van der Waals surface area contributed by atoms with Crippen molar-refractivity contribution in [2.75, 3.05) is 13.1 Å². The van der Waals surface area contributed by atoms with Crippen LogP contribution in [0.25, 0.3) is 0 Å². The Hall–Kier alpha value is -1.35. The molecule has 116 valence electrons. The minimum Gasteiger partial charge on any atom is -0.481 e. The fourth-order valence-corrected chi connectivity index (χ4v) is 3.42. The predicted octanol–water partition coefficient (Wildman–Crippen LogP) is 3.68. The molecule has 21 heavy (non-hydrogen) atoms. The number of carboxylic acid groups (broad SMARTS) is 1. The van der Waals surface area contributed by atoms with E-state index in [1.54, 1.807) is 0 Å². The number of aliphatic carboxylic acids is 1. The average molecular weight is 289 g/mol. The quantitative estimate of drug-likeness (QED) is 0.868. The number of rotatable bonds is 6. The van der Waals surface area contributed by atoms with Crippen LogP contribution in [-0.4, -0.2) is 35.1 Å². The molecule has 1 aromatic carbocycles. The molecule has 1 heterocycles.